The molecule has 1 saturated carbocycles. The average molecular weight is 255 g/mol. The summed E-state index contributed by atoms with van der Waals surface area (Å²) in [5.41, 5.74) is 0.767. The highest BCUT2D eigenvalue weighted by atomic mass is 32.1. The molecule has 0 aliphatic heterocycles. The predicted octanol–water partition coefficient (Wildman–Crippen LogP) is 1.26. The molecule has 1 aliphatic carbocycles. The van der Waals surface area contributed by atoms with Crippen LogP contribution in [0.4, 0.5) is 0 Å². The predicted molar refractivity (Wildman–Crippen MR) is 65.1 cm³/mol. The number of nitrogens with zero attached hydrogens (tertiary/aromatic N) is 3. The minimum absolute atomic E-state index is 0.00544. The van der Waals surface area contributed by atoms with Gasteiger partial charge in [-0.05, 0) is 30.3 Å². The third-order valence-electron chi connectivity index (χ3n) is 2.84. The van der Waals surface area contributed by atoms with E-state index in [0.717, 1.165) is 30.1 Å². The van der Waals surface area contributed by atoms with Gasteiger partial charge in [-0.25, -0.2) is 0 Å². The van der Waals surface area contributed by atoms with Crippen LogP contribution in [0.25, 0.3) is 0 Å². The molecule has 1 N–H and O–H groups in total. The summed E-state index contributed by atoms with van der Waals surface area (Å²) in [7, 11) is 0. The van der Waals surface area contributed by atoms with Gasteiger partial charge in [0, 0.05) is 12.6 Å². The van der Waals surface area contributed by atoms with Crippen molar-refractivity contribution in [2.24, 2.45) is 0 Å². The summed E-state index contributed by atoms with van der Waals surface area (Å²) in [4.78, 5) is 14.7. The molecule has 17 heavy (non-hydrogen) atoms. The molecule has 0 atom stereocenters. The van der Waals surface area contributed by atoms with Crippen molar-refractivity contribution in [3.8, 4) is 0 Å². The SMILES string of the molecule is CC(C)c1nnsc1C(=O)N(CCO)C1CC1. The van der Waals surface area contributed by atoms with Gasteiger partial charge in [-0.2, -0.15) is 0 Å². The molecule has 1 aromatic heterocycles. The van der Waals surface area contributed by atoms with Crippen molar-refractivity contribution in [2.75, 3.05) is 13.2 Å². The fourth-order valence-electron chi connectivity index (χ4n) is 1.80. The zero-order valence-electron chi connectivity index (χ0n) is 10.1. The minimum atomic E-state index is -0.0275. The fourth-order valence-corrected chi connectivity index (χ4v) is 2.57. The van der Waals surface area contributed by atoms with E-state index in [4.69, 9.17) is 5.11 Å². The number of rotatable bonds is 5. The molecule has 1 aliphatic rings. The molecular weight excluding hydrogens is 238 g/mol. The van der Waals surface area contributed by atoms with Gasteiger partial charge in [0.25, 0.3) is 5.91 Å². The highest BCUT2D eigenvalue weighted by molar-refractivity contribution is 7.08. The van der Waals surface area contributed by atoms with Crippen molar-refractivity contribution in [2.45, 2.75) is 38.6 Å². The molecule has 0 unspecified atom stereocenters. The van der Waals surface area contributed by atoms with Crippen LogP contribution >= 0.6 is 11.5 Å². The Hall–Kier alpha value is -1.01. The molecule has 5 nitrogen and oxygen atoms in total. The zero-order chi connectivity index (χ0) is 12.4. The molecule has 1 fully saturated rings. The van der Waals surface area contributed by atoms with Crippen LogP contribution < -0.4 is 0 Å². The molecular formula is C11H17N3O2S. The van der Waals surface area contributed by atoms with Gasteiger partial charge in [0.2, 0.25) is 0 Å². The van der Waals surface area contributed by atoms with Crippen LogP contribution in [0.2, 0.25) is 0 Å². The van der Waals surface area contributed by atoms with Crippen LogP contribution in [0.1, 0.15) is 48.0 Å². The molecule has 1 amide bonds. The summed E-state index contributed by atoms with van der Waals surface area (Å²) in [6, 6.07) is 0.303. The van der Waals surface area contributed by atoms with Gasteiger partial charge < -0.3 is 10.0 Å². The van der Waals surface area contributed by atoms with Gasteiger partial charge in [-0.3, -0.25) is 4.79 Å². The van der Waals surface area contributed by atoms with E-state index in [0.29, 0.717) is 17.5 Å². The van der Waals surface area contributed by atoms with Crippen molar-refractivity contribution < 1.29 is 9.90 Å². The zero-order valence-corrected chi connectivity index (χ0v) is 10.9. The first-order valence-corrected chi connectivity index (χ1v) is 6.66. The lowest BCUT2D eigenvalue weighted by Gasteiger charge is -2.20. The van der Waals surface area contributed by atoms with Crippen LogP contribution in [0, 0.1) is 0 Å². The van der Waals surface area contributed by atoms with Gasteiger partial charge >= 0.3 is 0 Å². The number of aliphatic hydroxyl groups excluding tert-OH is 1. The van der Waals surface area contributed by atoms with Crippen LogP contribution in [-0.2, 0) is 0 Å². The van der Waals surface area contributed by atoms with Gasteiger partial charge in [0.1, 0.15) is 4.88 Å². The highest BCUT2D eigenvalue weighted by Crippen LogP contribution is 2.30. The molecule has 0 spiro atoms. The van der Waals surface area contributed by atoms with Crippen molar-refractivity contribution in [1.82, 2.24) is 14.5 Å². The lowest BCUT2D eigenvalue weighted by Crippen LogP contribution is -2.35. The molecule has 2 rings (SSSR count). The third kappa shape index (κ3) is 2.63. The number of hydrogen-bond acceptors (Lipinski definition) is 5. The summed E-state index contributed by atoms with van der Waals surface area (Å²) in [6.07, 6.45) is 2.07. The lowest BCUT2D eigenvalue weighted by atomic mass is 10.1. The Bertz CT molecular complexity index is 401. The number of carbonyl (C=O) groups is 1. The molecule has 0 aromatic carbocycles. The highest BCUT2D eigenvalue weighted by Gasteiger charge is 2.34. The van der Waals surface area contributed by atoms with E-state index in [1.807, 2.05) is 13.8 Å². The second kappa shape index (κ2) is 5.10. The molecule has 0 bridgehead atoms. The second-order valence-electron chi connectivity index (χ2n) is 4.60. The van der Waals surface area contributed by atoms with E-state index in [1.165, 1.54) is 0 Å². The minimum Gasteiger partial charge on any atom is -0.395 e. The van der Waals surface area contributed by atoms with Crippen LogP contribution in [0.5, 0.6) is 0 Å². The Labute approximate surface area is 105 Å². The van der Waals surface area contributed by atoms with E-state index >= 15 is 0 Å². The first kappa shape index (κ1) is 12.4. The van der Waals surface area contributed by atoms with Crippen molar-refractivity contribution in [1.29, 1.82) is 0 Å². The Morgan fingerprint density at radius 1 is 1.59 bits per heavy atom. The van der Waals surface area contributed by atoms with E-state index in [1.54, 1.807) is 4.90 Å². The number of hydrogen-bond donors (Lipinski definition) is 1. The largest absolute Gasteiger partial charge is 0.395 e. The third-order valence-corrected chi connectivity index (χ3v) is 3.57. The Balaban J connectivity index is 2.19. The first-order valence-electron chi connectivity index (χ1n) is 5.89. The summed E-state index contributed by atoms with van der Waals surface area (Å²) in [6.45, 7) is 4.41. The summed E-state index contributed by atoms with van der Waals surface area (Å²) < 4.78 is 3.87. The fraction of sp³-hybridized carbons (Fsp3) is 0.727. The summed E-state index contributed by atoms with van der Waals surface area (Å²) in [5, 5.41) is 13.0. The van der Waals surface area contributed by atoms with Crippen molar-refractivity contribution in [3.63, 3.8) is 0 Å². The van der Waals surface area contributed by atoms with Crippen LogP contribution in [-0.4, -0.2) is 44.7 Å². The quantitative estimate of drug-likeness (QED) is 0.860. The van der Waals surface area contributed by atoms with Gasteiger partial charge in [0.05, 0.1) is 12.3 Å². The molecule has 1 aromatic rings. The number of carbonyl (C=O) groups excluding carboxylic acids is 1. The molecule has 0 saturated heterocycles. The van der Waals surface area contributed by atoms with Crippen LogP contribution in [0.15, 0.2) is 0 Å². The standard InChI is InChI=1S/C11H17N3O2S/c1-7(2)9-10(17-13-12-9)11(16)14(5-6-15)8-3-4-8/h7-8,15H,3-6H2,1-2H3. The topological polar surface area (TPSA) is 66.3 Å². The Kier molecular flexibility index (Phi) is 3.73. The summed E-state index contributed by atoms with van der Waals surface area (Å²) >= 11 is 1.15. The smallest absolute Gasteiger partial charge is 0.267 e. The number of aromatic nitrogens is 2. The van der Waals surface area contributed by atoms with Crippen molar-refractivity contribution >= 4 is 17.4 Å². The summed E-state index contributed by atoms with van der Waals surface area (Å²) in [5.74, 6) is 0.170. The Morgan fingerprint density at radius 3 is 2.82 bits per heavy atom. The lowest BCUT2D eigenvalue weighted by molar-refractivity contribution is 0.0711. The molecule has 0 radical (unpaired) electrons. The monoisotopic (exact) mass is 255 g/mol. The maximum atomic E-state index is 12.3. The van der Waals surface area contributed by atoms with E-state index < -0.39 is 0 Å². The van der Waals surface area contributed by atoms with Gasteiger partial charge in [-0.1, -0.05) is 18.3 Å². The van der Waals surface area contributed by atoms with Crippen LogP contribution in [0.3, 0.4) is 0 Å². The van der Waals surface area contributed by atoms with Gasteiger partial charge in [0.15, 0.2) is 0 Å². The normalized spacial score (nSPS) is 15.3. The van der Waals surface area contributed by atoms with Crippen molar-refractivity contribution in [3.05, 3.63) is 10.6 Å². The Morgan fingerprint density at radius 2 is 2.29 bits per heavy atom. The number of aliphatic hydroxyl groups is 1. The van der Waals surface area contributed by atoms with Gasteiger partial charge in [-0.15, -0.1) is 5.10 Å². The van der Waals surface area contributed by atoms with E-state index in [-0.39, 0.29) is 18.4 Å². The number of amides is 1. The first-order chi connectivity index (χ1) is 8.15. The maximum Gasteiger partial charge on any atom is 0.267 e. The maximum absolute atomic E-state index is 12.3. The van der Waals surface area contributed by atoms with E-state index in [2.05, 4.69) is 9.59 Å². The van der Waals surface area contributed by atoms with E-state index in [9.17, 15) is 4.79 Å². The second-order valence-corrected chi connectivity index (χ2v) is 5.35. The molecule has 94 valence electrons. The molecule has 1 heterocycles. The molecule has 6 heteroatoms. The average Bonchev–Trinajstić information content (AvgIpc) is 3.00.